The van der Waals surface area contributed by atoms with E-state index in [2.05, 4.69) is 41.2 Å². The van der Waals surface area contributed by atoms with E-state index < -0.39 is 0 Å². The van der Waals surface area contributed by atoms with Gasteiger partial charge < -0.3 is 14.8 Å². The van der Waals surface area contributed by atoms with Crippen molar-refractivity contribution in [2.75, 3.05) is 19.8 Å². The van der Waals surface area contributed by atoms with E-state index >= 15 is 0 Å². The molecule has 4 heteroatoms. The van der Waals surface area contributed by atoms with E-state index in [1.807, 2.05) is 12.1 Å². The SMILES string of the molecule is CCCNC(C)c1cc(Br)ccc1OCC1CCCCO1. The van der Waals surface area contributed by atoms with Crippen LogP contribution in [0.5, 0.6) is 5.75 Å². The van der Waals surface area contributed by atoms with Crippen LogP contribution in [-0.4, -0.2) is 25.9 Å². The molecule has 1 aliphatic heterocycles. The maximum atomic E-state index is 6.05. The molecule has 1 fully saturated rings. The molecule has 0 aromatic heterocycles. The first-order valence-electron chi connectivity index (χ1n) is 7.98. The number of benzene rings is 1. The second-order valence-corrected chi connectivity index (χ2v) is 6.57. The van der Waals surface area contributed by atoms with E-state index in [0.29, 0.717) is 6.61 Å². The normalized spacial score (nSPS) is 20.2. The van der Waals surface area contributed by atoms with Gasteiger partial charge in [-0.15, -0.1) is 0 Å². The second kappa shape index (κ2) is 8.76. The molecule has 2 rings (SSSR count). The summed E-state index contributed by atoms with van der Waals surface area (Å²) in [4.78, 5) is 0. The fourth-order valence-electron chi connectivity index (χ4n) is 2.58. The zero-order valence-corrected chi connectivity index (χ0v) is 14.6. The van der Waals surface area contributed by atoms with Crippen molar-refractivity contribution < 1.29 is 9.47 Å². The van der Waals surface area contributed by atoms with Crippen molar-refractivity contribution in [1.82, 2.24) is 5.32 Å². The molecule has 0 radical (unpaired) electrons. The van der Waals surface area contributed by atoms with Gasteiger partial charge in [0.1, 0.15) is 12.4 Å². The molecule has 0 saturated carbocycles. The van der Waals surface area contributed by atoms with Crippen molar-refractivity contribution >= 4 is 15.9 Å². The Labute approximate surface area is 136 Å². The smallest absolute Gasteiger partial charge is 0.124 e. The summed E-state index contributed by atoms with van der Waals surface area (Å²) in [5, 5.41) is 3.52. The Morgan fingerprint density at radius 1 is 1.43 bits per heavy atom. The Bertz CT molecular complexity index is 433. The van der Waals surface area contributed by atoms with Crippen molar-refractivity contribution in [2.45, 2.75) is 51.7 Å². The summed E-state index contributed by atoms with van der Waals surface area (Å²) in [5.41, 5.74) is 1.20. The first-order valence-corrected chi connectivity index (χ1v) is 8.77. The zero-order valence-electron chi connectivity index (χ0n) is 13.0. The van der Waals surface area contributed by atoms with Gasteiger partial charge in [0.05, 0.1) is 6.10 Å². The highest BCUT2D eigenvalue weighted by molar-refractivity contribution is 9.10. The highest BCUT2D eigenvalue weighted by Crippen LogP contribution is 2.29. The number of nitrogens with one attached hydrogen (secondary N) is 1. The monoisotopic (exact) mass is 355 g/mol. The molecule has 0 bridgehead atoms. The standard InChI is InChI=1S/C17H26BrNO2/c1-3-9-19-13(2)16-11-14(18)7-8-17(16)21-12-15-6-4-5-10-20-15/h7-8,11,13,15,19H,3-6,9-10,12H2,1-2H3. The lowest BCUT2D eigenvalue weighted by molar-refractivity contribution is -0.0113. The van der Waals surface area contributed by atoms with Crippen LogP contribution < -0.4 is 10.1 Å². The summed E-state index contributed by atoms with van der Waals surface area (Å²) in [7, 11) is 0. The number of ether oxygens (including phenoxy) is 2. The summed E-state index contributed by atoms with van der Waals surface area (Å²) in [6, 6.07) is 6.51. The molecule has 1 N–H and O–H groups in total. The lowest BCUT2D eigenvalue weighted by Gasteiger charge is -2.24. The van der Waals surface area contributed by atoms with Crippen LogP contribution in [0.1, 0.15) is 51.1 Å². The highest BCUT2D eigenvalue weighted by atomic mass is 79.9. The summed E-state index contributed by atoms with van der Waals surface area (Å²) >= 11 is 3.55. The van der Waals surface area contributed by atoms with Crippen molar-refractivity contribution in [1.29, 1.82) is 0 Å². The van der Waals surface area contributed by atoms with E-state index in [-0.39, 0.29) is 12.1 Å². The van der Waals surface area contributed by atoms with Gasteiger partial charge in [0.15, 0.2) is 0 Å². The molecular weight excluding hydrogens is 330 g/mol. The zero-order chi connectivity index (χ0) is 15.1. The minimum Gasteiger partial charge on any atom is -0.491 e. The molecule has 2 atom stereocenters. The fourth-order valence-corrected chi connectivity index (χ4v) is 2.96. The van der Waals surface area contributed by atoms with Crippen LogP contribution in [0, 0.1) is 0 Å². The molecule has 1 aromatic carbocycles. The molecule has 2 unspecified atom stereocenters. The number of rotatable bonds is 7. The minimum atomic E-state index is 0.245. The molecule has 0 spiro atoms. The van der Waals surface area contributed by atoms with Gasteiger partial charge in [-0.3, -0.25) is 0 Å². The average molecular weight is 356 g/mol. The molecule has 21 heavy (non-hydrogen) atoms. The van der Waals surface area contributed by atoms with Gasteiger partial charge in [-0.2, -0.15) is 0 Å². The van der Waals surface area contributed by atoms with Crippen LogP contribution in [0.3, 0.4) is 0 Å². The van der Waals surface area contributed by atoms with Crippen LogP contribution >= 0.6 is 15.9 Å². The first kappa shape index (κ1) is 16.8. The Morgan fingerprint density at radius 2 is 2.29 bits per heavy atom. The molecule has 118 valence electrons. The predicted molar refractivity (Wildman–Crippen MR) is 89.9 cm³/mol. The largest absolute Gasteiger partial charge is 0.491 e. The van der Waals surface area contributed by atoms with Crippen LogP contribution in [-0.2, 0) is 4.74 Å². The molecule has 1 aliphatic rings. The predicted octanol–water partition coefficient (Wildman–Crippen LogP) is 4.46. The Balaban J connectivity index is 1.99. The van der Waals surface area contributed by atoms with Gasteiger partial charge in [-0.05, 0) is 57.4 Å². The van der Waals surface area contributed by atoms with Gasteiger partial charge in [0.2, 0.25) is 0 Å². The Kier molecular flexibility index (Phi) is 7.00. The van der Waals surface area contributed by atoms with Crippen LogP contribution in [0.2, 0.25) is 0 Å². The third-order valence-electron chi connectivity index (χ3n) is 3.84. The highest BCUT2D eigenvalue weighted by Gasteiger charge is 2.17. The van der Waals surface area contributed by atoms with Crippen molar-refractivity contribution in [3.05, 3.63) is 28.2 Å². The molecule has 1 aromatic rings. The van der Waals surface area contributed by atoms with Crippen molar-refractivity contribution in [3.63, 3.8) is 0 Å². The molecule has 1 saturated heterocycles. The lowest BCUT2D eigenvalue weighted by atomic mass is 10.1. The molecule has 3 nitrogen and oxygen atoms in total. The topological polar surface area (TPSA) is 30.5 Å². The number of hydrogen-bond donors (Lipinski definition) is 1. The van der Waals surface area contributed by atoms with Gasteiger partial charge in [-0.25, -0.2) is 0 Å². The molecule has 1 heterocycles. The van der Waals surface area contributed by atoms with E-state index in [4.69, 9.17) is 9.47 Å². The average Bonchev–Trinajstić information content (AvgIpc) is 2.52. The van der Waals surface area contributed by atoms with Crippen molar-refractivity contribution in [2.24, 2.45) is 0 Å². The summed E-state index contributed by atoms with van der Waals surface area (Å²) < 4.78 is 12.9. The number of halogens is 1. The Hall–Kier alpha value is -0.580. The van der Waals surface area contributed by atoms with Gasteiger partial charge in [-0.1, -0.05) is 22.9 Å². The van der Waals surface area contributed by atoms with Crippen LogP contribution in [0.15, 0.2) is 22.7 Å². The third kappa shape index (κ3) is 5.28. The maximum absolute atomic E-state index is 6.05. The summed E-state index contributed by atoms with van der Waals surface area (Å²) in [5.74, 6) is 0.962. The van der Waals surface area contributed by atoms with Crippen LogP contribution in [0.4, 0.5) is 0 Å². The van der Waals surface area contributed by atoms with E-state index in [1.165, 1.54) is 18.4 Å². The molecular formula is C17H26BrNO2. The maximum Gasteiger partial charge on any atom is 0.124 e. The molecule has 0 amide bonds. The van der Waals surface area contributed by atoms with Crippen molar-refractivity contribution in [3.8, 4) is 5.75 Å². The second-order valence-electron chi connectivity index (χ2n) is 5.66. The summed E-state index contributed by atoms with van der Waals surface area (Å²) in [6.45, 7) is 6.89. The van der Waals surface area contributed by atoms with Crippen LogP contribution in [0.25, 0.3) is 0 Å². The van der Waals surface area contributed by atoms with Gasteiger partial charge in [0.25, 0.3) is 0 Å². The first-order chi connectivity index (χ1) is 10.2. The van der Waals surface area contributed by atoms with Gasteiger partial charge in [0, 0.05) is 22.7 Å². The van der Waals surface area contributed by atoms with E-state index in [0.717, 1.165) is 36.2 Å². The van der Waals surface area contributed by atoms with Gasteiger partial charge >= 0.3 is 0 Å². The quantitative estimate of drug-likeness (QED) is 0.783. The van der Waals surface area contributed by atoms with E-state index in [9.17, 15) is 0 Å². The fraction of sp³-hybridized carbons (Fsp3) is 0.647. The Morgan fingerprint density at radius 3 is 3.00 bits per heavy atom. The number of hydrogen-bond acceptors (Lipinski definition) is 3. The molecule has 0 aliphatic carbocycles. The minimum absolute atomic E-state index is 0.245. The lowest BCUT2D eigenvalue weighted by Crippen LogP contribution is -2.26. The van der Waals surface area contributed by atoms with E-state index in [1.54, 1.807) is 0 Å². The summed E-state index contributed by atoms with van der Waals surface area (Å²) in [6.07, 6.45) is 4.90. The third-order valence-corrected chi connectivity index (χ3v) is 4.33.